The van der Waals surface area contributed by atoms with Gasteiger partial charge in [-0.15, -0.1) is 0 Å². The number of benzene rings is 3. The molecule has 7 nitrogen and oxygen atoms in total. The fourth-order valence-electron chi connectivity index (χ4n) is 4.78. The van der Waals surface area contributed by atoms with Crippen molar-refractivity contribution >= 4 is 16.9 Å². The smallest absolute Gasteiger partial charge is 0.290 e. The third-order valence-electron chi connectivity index (χ3n) is 6.64. The number of carbonyl (C=O) groups is 1. The molecule has 0 spiro atoms. The number of methoxy groups -OCH3 is 3. The van der Waals surface area contributed by atoms with Crippen LogP contribution in [0.5, 0.6) is 17.2 Å². The van der Waals surface area contributed by atoms with E-state index in [0.29, 0.717) is 41.0 Å². The Labute approximate surface area is 208 Å². The summed E-state index contributed by atoms with van der Waals surface area (Å²) in [6.45, 7) is 2.31. The number of rotatable bonds is 7. The number of nitrogens with zero attached hydrogens (tertiary/aromatic N) is 1. The summed E-state index contributed by atoms with van der Waals surface area (Å²) >= 11 is 0. The lowest BCUT2D eigenvalue weighted by Crippen LogP contribution is -2.31. The summed E-state index contributed by atoms with van der Waals surface area (Å²) in [6.07, 6.45) is 0.598. The first-order valence-electron chi connectivity index (χ1n) is 11.7. The summed E-state index contributed by atoms with van der Waals surface area (Å²) in [7, 11) is 4.75. The maximum absolute atomic E-state index is 13.8. The largest absolute Gasteiger partial charge is 0.497 e. The zero-order valence-electron chi connectivity index (χ0n) is 20.7. The van der Waals surface area contributed by atoms with Crippen LogP contribution in [-0.2, 0) is 6.42 Å². The van der Waals surface area contributed by atoms with E-state index in [1.807, 2.05) is 49.4 Å². The Morgan fingerprint density at radius 2 is 1.61 bits per heavy atom. The van der Waals surface area contributed by atoms with Crippen LogP contribution in [0.4, 0.5) is 0 Å². The molecule has 0 fully saturated rings. The number of carbonyl (C=O) groups excluding carboxylic acids is 1. The van der Waals surface area contributed by atoms with Crippen LogP contribution in [0.1, 0.15) is 38.9 Å². The highest BCUT2D eigenvalue weighted by Crippen LogP contribution is 2.41. The van der Waals surface area contributed by atoms with Crippen molar-refractivity contribution in [2.45, 2.75) is 19.4 Å². The third kappa shape index (κ3) is 3.96. The highest BCUT2D eigenvalue weighted by Gasteiger charge is 2.42. The normalized spacial score (nSPS) is 14.7. The second kappa shape index (κ2) is 9.41. The van der Waals surface area contributed by atoms with Gasteiger partial charge in [0.05, 0.1) is 38.3 Å². The van der Waals surface area contributed by atoms with Gasteiger partial charge >= 0.3 is 0 Å². The van der Waals surface area contributed by atoms with Crippen molar-refractivity contribution < 1.29 is 23.4 Å². The van der Waals surface area contributed by atoms with Gasteiger partial charge in [0.1, 0.15) is 11.3 Å². The Hall–Kier alpha value is -4.26. The van der Waals surface area contributed by atoms with E-state index in [1.54, 1.807) is 44.4 Å². The summed E-state index contributed by atoms with van der Waals surface area (Å²) in [4.78, 5) is 29.1. The van der Waals surface area contributed by atoms with Crippen molar-refractivity contribution in [2.24, 2.45) is 0 Å². The predicted octanol–water partition coefficient (Wildman–Crippen LogP) is 4.92. The molecule has 1 amide bonds. The Bertz CT molecular complexity index is 1510. The topological polar surface area (TPSA) is 78.2 Å². The third-order valence-corrected chi connectivity index (χ3v) is 6.64. The van der Waals surface area contributed by atoms with E-state index >= 15 is 0 Å². The summed E-state index contributed by atoms with van der Waals surface area (Å²) in [5, 5.41) is 0.462. The summed E-state index contributed by atoms with van der Waals surface area (Å²) in [5.41, 5.74) is 3.29. The van der Waals surface area contributed by atoms with E-state index in [-0.39, 0.29) is 17.1 Å². The summed E-state index contributed by atoms with van der Waals surface area (Å²) in [5.74, 6) is 1.64. The Morgan fingerprint density at radius 3 is 2.31 bits per heavy atom. The van der Waals surface area contributed by atoms with Crippen LogP contribution in [0.25, 0.3) is 11.0 Å². The molecule has 0 saturated heterocycles. The SMILES string of the molecule is COc1ccc(CCN2C(=O)c3oc4ccc(C)cc4c(=O)c3[C@@H]2c2ccc(OC)c(OC)c2)cc1. The highest BCUT2D eigenvalue weighted by atomic mass is 16.5. The predicted molar refractivity (Wildman–Crippen MR) is 136 cm³/mol. The fourth-order valence-corrected chi connectivity index (χ4v) is 4.78. The van der Waals surface area contributed by atoms with Crippen molar-refractivity contribution in [3.8, 4) is 17.2 Å². The molecule has 184 valence electrons. The molecule has 1 aliphatic heterocycles. The van der Waals surface area contributed by atoms with E-state index in [1.165, 1.54) is 0 Å². The average molecular weight is 486 g/mol. The van der Waals surface area contributed by atoms with Crippen molar-refractivity contribution in [2.75, 3.05) is 27.9 Å². The lowest BCUT2D eigenvalue weighted by Gasteiger charge is -2.26. The van der Waals surface area contributed by atoms with Gasteiger partial charge < -0.3 is 23.5 Å². The summed E-state index contributed by atoms with van der Waals surface area (Å²) < 4.78 is 22.2. The number of aryl methyl sites for hydroxylation is 1. The van der Waals surface area contributed by atoms with E-state index in [0.717, 1.165) is 22.4 Å². The van der Waals surface area contributed by atoms with Crippen molar-refractivity contribution in [3.05, 3.63) is 98.9 Å². The van der Waals surface area contributed by atoms with Gasteiger partial charge in [-0.25, -0.2) is 0 Å². The zero-order chi connectivity index (χ0) is 25.4. The zero-order valence-corrected chi connectivity index (χ0v) is 20.7. The van der Waals surface area contributed by atoms with Gasteiger partial charge in [0.25, 0.3) is 5.91 Å². The molecule has 0 aliphatic carbocycles. The minimum atomic E-state index is -0.619. The molecule has 0 saturated carbocycles. The fraction of sp³-hybridized carbons (Fsp3) is 0.241. The molecular weight excluding hydrogens is 458 g/mol. The molecule has 1 aromatic heterocycles. The van der Waals surface area contributed by atoms with Crippen LogP contribution in [0.2, 0.25) is 0 Å². The van der Waals surface area contributed by atoms with Crippen LogP contribution in [0.3, 0.4) is 0 Å². The molecule has 5 rings (SSSR count). The van der Waals surface area contributed by atoms with E-state index in [4.69, 9.17) is 18.6 Å². The Morgan fingerprint density at radius 1 is 0.861 bits per heavy atom. The van der Waals surface area contributed by atoms with Crippen LogP contribution in [0, 0.1) is 6.92 Å². The van der Waals surface area contributed by atoms with Crippen LogP contribution >= 0.6 is 0 Å². The van der Waals surface area contributed by atoms with Crippen molar-refractivity contribution in [1.29, 1.82) is 0 Å². The van der Waals surface area contributed by atoms with Gasteiger partial charge in [-0.3, -0.25) is 9.59 Å². The minimum absolute atomic E-state index is 0.0888. The molecule has 4 aromatic rings. The quantitative estimate of drug-likeness (QED) is 0.370. The molecule has 2 heterocycles. The lowest BCUT2D eigenvalue weighted by molar-refractivity contribution is 0.0730. The van der Waals surface area contributed by atoms with Crippen molar-refractivity contribution in [3.63, 3.8) is 0 Å². The van der Waals surface area contributed by atoms with Crippen LogP contribution < -0.4 is 19.6 Å². The minimum Gasteiger partial charge on any atom is -0.497 e. The standard InChI is InChI=1S/C29H27NO6/c1-17-5-11-22-21(15-17)27(31)25-26(19-8-12-23(34-3)24(16-19)35-4)30(29(32)28(25)36-22)14-13-18-6-9-20(33-2)10-7-18/h5-12,15-16,26H,13-14H2,1-4H3/t26-/m0/s1. The number of hydrogen-bond acceptors (Lipinski definition) is 6. The van der Waals surface area contributed by atoms with Gasteiger partial charge in [-0.2, -0.15) is 0 Å². The van der Waals surface area contributed by atoms with E-state index < -0.39 is 6.04 Å². The first-order chi connectivity index (χ1) is 17.4. The molecule has 0 N–H and O–H groups in total. The number of hydrogen-bond donors (Lipinski definition) is 0. The van der Waals surface area contributed by atoms with Crippen molar-refractivity contribution in [1.82, 2.24) is 4.90 Å². The van der Waals surface area contributed by atoms with Crippen LogP contribution in [-0.4, -0.2) is 38.7 Å². The average Bonchev–Trinajstić information content (AvgIpc) is 3.19. The molecule has 0 unspecified atom stereocenters. The van der Waals surface area contributed by atoms with Gasteiger partial charge in [-0.05, 0) is 60.9 Å². The van der Waals surface area contributed by atoms with Gasteiger partial charge in [0.2, 0.25) is 5.76 Å². The van der Waals surface area contributed by atoms with Gasteiger partial charge in [-0.1, -0.05) is 29.8 Å². The van der Waals surface area contributed by atoms with E-state index in [2.05, 4.69) is 0 Å². The molecule has 0 radical (unpaired) electrons. The Kier molecular flexibility index (Phi) is 6.14. The molecule has 3 aromatic carbocycles. The number of ether oxygens (including phenoxy) is 3. The maximum Gasteiger partial charge on any atom is 0.290 e. The number of amides is 1. The van der Waals surface area contributed by atoms with E-state index in [9.17, 15) is 9.59 Å². The molecule has 36 heavy (non-hydrogen) atoms. The molecule has 7 heteroatoms. The summed E-state index contributed by atoms with van der Waals surface area (Å²) in [6, 6.07) is 18.0. The lowest BCUT2D eigenvalue weighted by atomic mass is 9.97. The Balaban J connectivity index is 1.63. The first-order valence-corrected chi connectivity index (χ1v) is 11.7. The van der Waals surface area contributed by atoms with Gasteiger partial charge in [0, 0.05) is 6.54 Å². The highest BCUT2D eigenvalue weighted by molar-refractivity contribution is 5.99. The molecular formula is C29H27NO6. The van der Waals surface area contributed by atoms with Crippen LogP contribution in [0.15, 0.2) is 69.9 Å². The maximum atomic E-state index is 13.8. The molecule has 1 atom stereocenters. The molecule has 0 bridgehead atoms. The second-order valence-corrected chi connectivity index (χ2v) is 8.79. The number of fused-ring (bicyclic) bond motifs is 2. The second-order valence-electron chi connectivity index (χ2n) is 8.79. The van der Waals surface area contributed by atoms with Gasteiger partial charge in [0.15, 0.2) is 16.9 Å². The first kappa shape index (κ1) is 23.5. The molecule has 1 aliphatic rings. The monoisotopic (exact) mass is 485 g/mol.